The van der Waals surface area contributed by atoms with Gasteiger partial charge < -0.3 is 29.2 Å². The Balaban J connectivity index is 1.44. The van der Waals surface area contributed by atoms with Crippen LogP contribution in [0.2, 0.25) is 0 Å². The number of carbonyl (C=O) groups is 1. The van der Waals surface area contributed by atoms with Gasteiger partial charge >= 0.3 is 0 Å². The highest BCUT2D eigenvalue weighted by atomic mass is 16.5. The van der Waals surface area contributed by atoms with E-state index in [1.54, 1.807) is 32.3 Å². The fraction of sp³-hybridized carbons (Fsp3) is 0.480. The Hall–Kier alpha value is -3.33. The molecule has 3 aliphatic rings. The number of anilines is 2. The molecule has 0 aliphatic heterocycles. The third kappa shape index (κ3) is 3.83. The Bertz CT molecular complexity index is 1220. The van der Waals surface area contributed by atoms with E-state index in [1.807, 2.05) is 38.4 Å². The van der Waals surface area contributed by atoms with Gasteiger partial charge in [0.15, 0.2) is 11.5 Å². The third-order valence-corrected chi connectivity index (χ3v) is 6.86. The lowest BCUT2D eigenvalue weighted by Gasteiger charge is -2.62. The largest absolute Gasteiger partial charge is 0.493 e. The zero-order chi connectivity index (χ0) is 24.0. The van der Waals surface area contributed by atoms with Gasteiger partial charge in [-0.05, 0) is 57.5 Å². The highest BCUT2D eigenvalue weighted by Gasteiger charge is 2.59. The van der Waals surface area contributed by atoms with Crippen LogP contribution in [0.1, 0.15) is 29.8 Å². The molecule has 0 radical (unpaired) electrons. The minimum absolute atomic E-state index is 0.00757. The number of nitrogens with zero attached hydrogens (tertiary/aromatic N) is 5. The van der Waals surface area contributed by atoms with Crippen LogP contribution in [0.3, 0.4) is 0 Å². The van der Waals surface area contributed by atoms with Gasteiger partial charge in [-0.15, -0.1) is 0 Å². The lowest BCUT2D eigenvalue weighted by molar-refractivity contribution is -0.0870. The summed E-state index contributed by atoms with van der Waals surface area (Å²) in [6.07, 6.45) is 5.13. The summed E-state index contributed by atoms with van der Waals surface area (Å²) in [6, 6.07) is 7.60. The first-order valence-corrected chi connectivity index (χ1v) is 11.6. The molecule has 3 saturated carbocycles. The van der Waals surface area contributed by atoms with Crippen LogP contribution in [-0.4, -0.2) is 78.7 Å². The van der Waals surface area contributed by atoms with E-state index in [1.165, 1.54) is 0 Å². The van der Waals surface area contributed by atoms with Crippen molar-refractivity contribution in [1.82, 2.24) is 24.3 Å². The Morgan fingerprint density at radius 2 is 1.94 bits per heavy atom. The quantitative estimate of drug-likeness (QED) is 0.520. The first-order chi connectivity index (χ1) is 16.3. The van der Waals surface area contributed by atoms with E-state index in [4.69, 9.17) is 14.5 Å². The second kappa shape index (κ2) is 8.47. The predicted octanol–water partition coefficient (Wildman–Crippen LogP) is 3.33. The van der Waals surface area contributed by atoms with Crippen LogP contribution in [0.4, 0.5) is 11.6 Å². The number of likely N-dealkylation sites (N-methyl/N-ethyl adjacent to an activating group) is 1. The van der Waals surface area contributed by atoms with Crippen molar-refractivity contribution in [2.45, 2.75) is 24.8 Å². The maximum absolute atomic E-state index is 12.9. The van der Waals surface area contributed by atoms with Gasteiger partial charge in [-0.25, -0.2) is 4.98 Å². The van der Waals surface area contributed by atoms with Gasteiger partial charge in [0, 0.05) is 49.5 Å². The summed E-state index contributed by atoms with van der Waals surface area (Å²) in [6.45, 7) is 1.39. The van der Waals surface area contributed by atoms with Crippen LogP contribution in [0.15, 0.2) is 30.5 Å². The van der Waals surface area contributed by atoms with Crippen molar-refractivity contribution < 1.29 is 14.3 Å². The van der Waals surface area contributed by atoms with E-state index >= 15 is 0 Å². The summed E-state index contributed by atoms with van der Waals surface area (Å²) in [4.78, 5) is 26.0. The van der Waals surface area contributed by atoms with Gasteiger partial charge in [0.2, 0.25) is 5.95 Å². The first-order valence-electron chi connectivity index (χ1n) is 11.6. The fourth-order valence-electron chi connectivity index (χ4n) is 4.95. The van der Waals surface area contributed by atoms with E-state index in [-0.39, 0.29) is 11.4 Å². The maximum Gasteiger partial charge on any atom is 0.270 e. The number of methoxy groups -OCH3 is 1. The van der Waals surface area contributed by atoms with Gasteiger partial charge in [-0.1, -0.05) is 0 Å². The normalized spacial score (nSPS) is 20.6. The Morgan fingerprint density at radius 3 is 2.56 bits per heavy atom. The van der Waals surface area contributed by atoms with Crippen LogP contribution in [0.5, 0.6) is 11.5 Å². The SMILES string of the molecule is COc1cc(Nc2ncc3cc(C(=O)N(C)C)n(C45CC(C4)C5)c3n2)ccc1OCCN(C)C. The molecule has 9 heteroatoms. The molecule has 6 rings (SSSR count). The third-order valence-electron chi connectivity index (χ3n) is 6.86. The van der Waals surface area contributed by atoms with Crippen molar-refractivity contribution in [3.05, 3.63) is 36.2 Å². The number of benzene rings is 1. The highest BCUT2D eigenvalue weighted by Crippen LogP contribution is 2.63. The average Bonchev–Trinajstić information content (AvgIpc) is 3.10. The van der Waals surface area contributed by atoms with E-state index in [2.05, 4.69) is 19.8 Å². The van der Waals surface area contributed by atoms with Crippen LogP contribution in [0, 0.1) is 5.92 Å². The molecule has 0 unspecified atom stereocenters. The Morgan fingerprint density at radius 1 is 1.18 bits per heavy atom. The smallest absolute Gasteiger partial charge is 0.270 e. The molecule has 2 bridgehead atoms. The number of nitrogens with one attached hydrogen (secondary N) is 1. The number of fused-ring (bicyclic) bond motifs is 1. The Labute approximate surface area is 199 Å². The zero-order valence-electron chi connectivity index (χ0n) is 20.5. The minimum Gasteiger partial charge on any atom is -0.493 e. The lowest BCUT2D eigenvalue weighted by Crippen LogP contribution is -2.60. The zero-order valence-corrected chi connectivity index (χ0v) is 20.5. The van der Waals surface area contributed by atoms with E-state index in [9.17, 15) is 4.79 Å². The molecule has 3 aliphatic carbocycles. The molecule has 1 N–H and O–H groups in total. The first kappa shape index (κ1) is 22.5. The summed E-state index contributed by atoms with van der Waals surface area (Å²) in [5.74, 6) is 2.58. The van der Waals surface area contributed by atoms with E-state index in [0.29, 0.717) is 29.7 Å². The number of amides is 1. The molecule has 0 atom stereocenters. The van der Waals surface area contributed by atoms with Crippen LogP contribution in [-0.2, 0) is 5.54 Å². The summed E-state index contributed by atoms with van der Waals surface area (Å²) in [7, 11) is 9.21. The van der Waals surface area contributed by atoms with Crippen molar-refractivity contribution in [3.8, 4) is 11.5 Å². The second-order valence-corrected chi connectivity index (χ2v) is 9.88. The van der Waals surface area contributed by atoms with Crippen LogP contribution >= 0.6 is 0 Å². The molecule has 1 amide bonds. The predicted molar refractivity (Wildman–Crippen MR) is 131 cm³/mol. The molecule has 9 nitrogen and oxygen atoms in total. The molecular weight excluding hydrogens is 432 g/mol. The molecule has 0 spiro atoms. The Kier molecular flexibility index (Phi) is 5.59. The van der Waals surface area contributed by atoms with Gasteiger partial charge in [-0.2, -0.15) is 4.98 Å². The highest BCUT2D eigenvalue weighted by molar-refractivity contribution is 5.98. The summed E-state index contributed by atoms with van der Waals surface area (Å²) >= 11 is 0. The maximum atomic E-state index is 12.9. The number of carbonyl (C=O) groups excluding carboxylic acids is 1. The van der Waals surface area contributed by atoms with Gasteiger partial charge in [0.25, 0.3) is 5.91 Å². The second-order valence-electron chi connectivity index (χ2n) is 9.88. The molecule has 1 aromatic carbocycles. The monoisotopic (exact) mass is 464 g/mol. The topological polar surface area (TPSA) is 84.8 Å². The summed E-state index contributed by atoms with van der Waals surface area (Å²) in [5, 5.41) is 4.16. The number of hydrogen-bond donors (Lipinski definition) is 1. The summed E-state index contributed by atoms with van der Waals surface area (Å²) < 4.78 is 13.6. The molecule has 180 valence electrons. The molecular formula is C25H32N6O3. The average molecular weight is 465 g/mol. The minimum atomic E-state index is -0.00757. The van der Waals surface area contributed by atoms with Crippen molar-refractivity contribution in [2.24, 2.45) is 5.92 Å². The molecule has 2 heterocycles. The number of rotatable bonds is 9. The fourth-order valence-corrected chi connectivity index (χ4v) is 4.95. The van der Waals surface area contributed by atoms with Crippen molar-refractivity contribution in [1.29, 1.82) is 0 Å². The van der Waals surface area contributed by atoms with Gasteiger partial charge in [0.05, 0.1) is 7.11 Å². The lowest BCUT2D eigenvalue weighted by atomic mass is 9.49. The summed E-state index contributed by atoms with van der Waals surface area (Å²) in [5.41, 5.74) is 2.31. The van der Waals surface area contributed by atoms with E-state index in [0.717, 1.165) is 48.4 Å². The number of hydrogen-bond acceptors (Lipinski definition) is 7. The molecule has 0 saturated heterocycles. The molecule has 2 aromatic heterocycles. The standard InChI is InChI=1S/C25H32N6O3/c1-29(2)8-9-34-20-7-6-18(11-21(20)33-5)27-24-26-15-17-10-19(23(32)30(3)4)31(22(17)28-24)25-12-16(13-25)14-25/h6-7,10-11,15-16H,8-9,12-14H2,1-5H3,(H,26,27,28). The molecule has 34 heavy (non-hydrogen) atoms. The number of aromatic nitrogens is 3. The van der Waals surface area contributed by atoms with Crippen molar-refractivity contribution >= 4 is 28.6 Å². The van der Waals surface area contributed by atoms with Gasteiger partial charge in [-0.3, -0.25) is 4.79 Å². The molecule has 3 fully saturated rings. The van der Waals surface area contributed by atoms with Crippen molar-refractivity contribution in [3.63, 3.8) is 0 Å². The molecule has 3 aromatic rings. The van der Waals surface area contributed by atoms with Crippen LogP contribution < -0.4 is 14.8 Å². The van der Waals surface area contributed by atoms with Gasteiger partial charge in [0.1, 0.15) is 17.9 Å². The van der Waals surface area contributed by atoms with E-state index < -0.39 is 0 Å². The van der Waals surface area contributed by atoms with Crippen LogP contribution in [0.25, 0.3) is 11.0 Å². The number of ether oxygens (including phenoxy) is 2. The van der Waals surface area contributed by atoms with Crippen molar-refractivity contribution in [2.75, 3.05) is 53.8 Å².